The summed E-state index contributed by atoms with van der Waals surface area (Å²) >= 11 is 5.83. The van der Waals surface area contributed by atoms with E-state index in [9.17, 15) is 0 Å². The molecule has 6 heteroatoms. The van der Waals surface area contributed by atoms with Crippen LogP contribution in [0.3, 0.4) is 0 Å². The summed E-state index contributed by atoms with van der Waals surface area (Å²) in [7, 11) is 3.04. The predicted octanol–water partition coefficient (Wildman–Crippen LogP) is 3.06. The van der Waals surface area contributed by atoms with Crippen molar-refractivity contribution in [1.82, 2.24) is 0 Å². The molecule has 20 heavy (non-hydrogen) atoms. The van der Waals surface area contributed by atoms with Crippen molar-refractivity contribution in [1.29, 1.82) is 0 Å². The van der Waals surface area contributed by atoms with Crippen molar-refractivity contribution in [3.05, 3.63) is 23.8 Å². The van der Waals surface area contributed by atoms with Gasteiger partial charge in [0.15, 0.2) is 5.75 Å². The van der Waals surface area contributed by atoms with Crippen molar-refractivity contribution < 1.29 is 18.6 Å². The lowest BCUT2D eigenvalue weighted by Crippen LogP contribution is -2.39. The molecule has 0 aliphatic heterocycles. The molecule has 1 rings (SSSR count). The summed E-state index contributed by atoms with van der Waals surface area (Å²) < 4.78 is 22.2. The Balaban J connectivity index is 3.08. The summed E-state index contributed by atoms with van der Waals surface area (Å²) in [5, 5.41) is 0. The number of hydrogen-bond donors (Lipinski definition) is 0. The second-order valence-corrected chi connectivity index (χ2v) is 4.70. The molecule has 1 aromatic rings. The maximum absolute atomic E-state index is 5.93. The first-order valence-corrected chi connectivity index (χ1v) is 7.52. The van der Waals surface area contributed by atoms with Crippen LogP contribution in [0.1, 0.15) is 26.3 Å². The summed E-state index contributed by atoms with van der Waals surface area (Å²) in [6.45, 7) is 6.44. The molecule has 0 saturated carbocycles. The third-order valence-electron chi connectivity index (χ3n) is 2.63. The summed E-state index contributed by atoms with van der Waals surface area (Å²) in [4.78, 5) is 0. The molecule has 4 nitrogen and oxygen atoms in total. The molecule has 3 radical (unpaired) electrons. The third-order valence-corrected chi connectivity index (χ3v) is 3.04. The third kappa shape index (κ3) is 4.66. The molecule has 0 aliphatic carbocycles. The van der Waals surface area contributed by atoms with Crippen LogP contribution in [0.4, 0.5) is 0 Å². The Kier molecular flexibility index (Phi) is 7.37. The zero-order valence-electron chi connectivity index (χ0n) is 12.1. The van der Waals surface area contributed by atoms with Gasteiger partial charge in [-0.2, -0.15) is 0 Å². The molecule has 0 bridgehead atoms. The smallest absolute Gasteiger partial charge is 0.341 e. The Hall–Kier alpha value is -0.753. The molecule has 0 atom stereocenters. The van der Waals surface area contributed by atoms with Gasteiger partial charge in [-0.25, -0.2) is 0 Å². The van der Waals surface area contributed by atoms with Crippen LogP contribution in [-0.4, -0.2) is 35.6 Å². The minimum atomic E-state index is -1.16. The number of halogens is 1. The fourth-order valence-corrected chi connectivity index (χ4v) is 2.23. The Morgan fingerprint density at radius 3 is 2.35 bits per heavy atom. The lowest BCUT2D eigenvalue weighted by Gasteiger charge is -2.30. The van der Waals surface area contributed by atoms with E-state index in [1.807, 2.05) is 26.0 Å². The highest BCUT2D eigenvalue weighted by Crippen LogP contribution is 2.35. The Bertz CT molecular complexity index is 408. The summed E-state index contributed by atoms with van der Waals surface area (Å²) in [5.41, 5.74) is 0.932. The lowest BCUT2D eigenvalue weighted by molar-refractivity contribution is -0.329. The Morgan fingerprint density at radius 2 is 1.85 bits per heavy atom. The number of aryl methyl sites for hydroxylation is 1. The first-order chi connectivity index (χ1) is 9.60. The van der Waals surface area contributed by atoms with Crippen molar-refractivity contribution in [2.75, 3.05) is 19.1 Å². The van der Waals surface area contributed by atoms with E-state index in [0.717, 1.165) is 5.56 Å². The molecule has 0 saturated heterocycles. The molecule has 0 heterocycles. The van der Waals surface area contributed by atoms with Crippen molar-refractivity contribution in [3.63, 3.8) is 0 Å². The largest absolute Gasteiger partial charge is 0.538 e. The molecular weight excluding hydrogens is 296 g/mol. The van der Waals surface area contributed by atoms with Crippen molar-refractivity contribution in [3.8, 4) is 11.5 Å². The van der Waals surface area contributed by atoms with Crippen molar-refractivity contribution in [2.24, 2.45) is 0 Å². The average molecular weight is 316 g/mol. The van der Waals surface area contributed by atoms with Gasteiger partial charge in [-0.1, -0.05) is 12.1 Å². The van der Waals surface area contributed by atoms with Crippen LogP contribution in [0.2, 0.25) is 0 Å². The molecule has 0 fully saturated rings. The van der Waals surface area contributed by atoms with Gasteiger partial charge in [-0.05, 0) is 31.9 Å². The topological polar surface area (TPSA) is 36.9 Å². The van der Waals surface area contributed by atoms with Gasteiger partial charge in [0.1, 0.15) is 5.75 Å². The standard InChI is InChI=1S/C14H20ClO4Si/c1-4-16-14(3,17-5-2)18-13-11(9-10-15)7-6-8-12(13)19-20/h6-8H,4-5,9-10H2,1-3H3. The van der Waals surface area contributed by atoms with Gasteiger partial charge in [0.2, 0.25) is 0 Å². The zero-order valence-corrected chi connectivity index (χ0v) is 13.8. The van der Waals surface area contributed by atoms with Gasteiger partial charge in [0.25, 0.3) is 0 Å². The number of ether oxygens (including phenoxy) is 3. The Labute approximate surface area is 128 Å². The summed E-state index contributed by atoms with van der Waals surface area (Å²) in [6, 6.07) is 5.60. The quantitative estimate of drug-likeness (QED) is 0.399. The minimum Gasteiger partial charge on any atom is -0.538 e. The molecule has 0 N–H and O–H groups in total. The van der Waals surface area contributed by atoms with E-state index in [1.54, 1.807) is 13.0 Å². The molecule has 0 spiro atoms. The molecule has 111 valence electrons. The summed E-state index contributed by atoms with van der Waals surface area (Å²) in [6.07, 6.45) is 0.661. The van der Waals surface area contributed by atoms with Gasteiger partial charge in [0.05, 0.1) is 13.2 Å². The second kappa shape index (κ2) is 8.52. The molecule has 0 amide bonds. The fourth-order valence-electron chi connectivity index (χ4n) is 1.87. The van der Waals surface area contributed by atoms with E-state index in [1.165, 1.54) is 0 Å². The second-order valence-electron chi connectivity index (χ2n) is 4.12. The number of para-hydroxylation sites is 1. The lowest BCUT2D eigenvalue weighted by atomic mass is 10.1. The number of hydrogen-bond acceptors (Lipinski definition) is 4. The first kappa shape index (κ1) is 17.3. The highest BCUT2D eigenvalue weighted by molar-refractivity contribution is 6.18. The van der Waals surface area contributed by atoms with Crippen molar-refractivity contribution >= 4 is 22.1 Å². The Morgan fingerprint density at radius 1 is 1.20 bits per heavy atom. The van der Waals surface area contributed by atoms with Gasteiger partial charge < -0.3 is 18.6 Å². The van der Waals surface area contributed by atoms with Gasteiger partial charge >= 0.3 is 16.5 Å². The molecule has 0 aromatic heterocycles. The molecular formula is C14H20ClO4Si. The van der Waals surface area contributed by atoms with Crippen LogP contribution >= 0.6 is 11.6 Å². The normalized spacial score (nSPS) is 11.4. The van der Waals surface area contributed by atoms with Crippen LogP contribution in [0, 0.1) is 0 Å². The minimum absolute atomic E-state index is 0.470. The zero-order chi connectivity index (χ0) is 15.0. The van der Waals surface area contributed by atoms with Crippen LogP contribution in [0.15, 0.2) is 18.2 Å². The highest BCUT2D eigenvalue weighted by atomic mass is 35.5. The number of alkyl halides is 1. The van der Waals surface area contributed by atoms with Crippen LogP contribution in [0.5, 0.6) is 11.5 Å². The van der Waals surface area contributed by atoms with E-state index < -0.39 is 5.97 Å². The molecule has 0 aliphatic rings. The average Bonchev–Trinajstić information content (AvgIpc) is 2.41. The van der Waals surface area contributed by atoms with E-state index in [0.29, 0.717) is 37.0 Å². The monoisotopic (exact) mass is 315 g/mol. The molecule has 1 aromatic carbocycles. The number of benzene rings is 1. The molecule has 0 unspecified atom stereocenters. The van der Waals surface area contributed by atoms with Crippen LogP contribution < -0.4 is 9.16 Å². The predicted molar refractivity (Wildman–Crippen MR) is 79.5 cm³/mol. The van der Waals surface area contributed by atoms with Crippen LogP contribution in [-0.2, 0) is 15.9 Å². The maximum Gasteiger partial charge on any atom is 0.341 e. The van der Waals surface area contributed by atoms with Crippen LogP contribution in [0.25, 0.3) is 0 Å². The number of rotatable bonds is 9. The van der Waals surface area contributed by atoms with Gasteiger partial charge in [-0.3, -0.25) is 0 Å². The van der Waals surface area contributed by atoms with Gasteiger partial charge in [-0.15, -0.1) is 11.6 Å². The first-order valence-electron chi connectivity index (χ1n) is 6.58. The fraction of sp³-hybridized carbons (Fsp3) is 0.571. The van der Waals surface area contributed by atoms with E-state index >= 15 is 0 Å². The van der Waals surface area contributed by atoms with E-state index in [2.05, 4.69) is 10.5 Å². The van der Waals surface area contributed by atoms with E-state index in [-0.39, 0.29) is 0 Å². The summed E-state index contributed by atoms with van der Waals surface area (Å²) in [5.74, 6) is 0.440. The highest BCUT2D eigenvalue weighted by Gasteiger charge is 2.30. The van der Waals surface area contributed by atoms with Crippen molar-refractivity contribution in [2.45, 2.75) is 33.2 Å². The SMILES string of the molecule is CCOC(C)(OCC)Oc1c(CCCl)cccc1O[Si]. The maximum atomic E-state index is 5.93. The van der Waals surface area contributed by atoms with E-state index in [4.69, 9.17) is 30.2 Å². The van der Waals surface area contributed by atoms with Gasteiger partial charge in [0, 0.05) is 12.8 Å².